The Labute approximate surface area is 125 Å². The number of nitrogens with zero attached hydrogens (tertiary/aromatic N) is 1. The second kappa shape index (κ2) is 6.56. The van der Waals surface area contributed by atoms with Crippen molar-refractivity contribution in [1.29, 1.82) is 0 Å². The zero-order valence-corrected chi connectivity index (χ0v) is 12.4. The summed E-state index contributed by atoms with van der Waals surface area (Å²) in [7, 11) is 0. The van der Waals surface area contributed by atoms with E-state index >= 15 is 0 Å². The van der Waals surface area contributed by atoms with E-state index < -0.39 is 0 Å². The van der Waals surface area contributed by atoms with Crippen LogP contribution in [0.2, 0.25) is 0 Å². The lowest BCUT2D eigenvalue weighted by Crippen LogP contribution is -2.43. The molecule has 0 radical (unpaired) electrons. The van der Waals surface area contributed by atoms with Gasteiger partial charge in [-0.2, -0.15) is 0 Å². The van der Waals surface area contributed by atoms with Crippen LogP contribution in [0.15, 0.2) is 24.3 Å². The number of hydrogen-bond acceptors (Lipinski definition) is 2. The molecule has 1 saturated heterocycles. The third kappa shape index (κ3) is 4.03. The average Bonchev–Trinajstić information content (AvgIpc) is 3.32. The first-order chi connectivity index (χ1) is 10.2. The Morgan fingerprint density at radius 2 is 2.10 bits per heavy atom. The van der Waals surface area contributed by atoms with Crippen molar-refractivity contribution in [2.45, 2.75) is 32.2 Å². The number of benzene rings is 1. The maximum atomic E-state index is 13.7. The number of halogens is 1. The second-order valence-corrected chi connectivity index (χ2v) is 6.35. The maximum absolute atomic E-state index is 13.7. The molecule has 0 bridgehead atoms. The minimum atomic E-state index is -0.155. The van der Waals surface area contributed by atoms with E-state index in [1.54, 1.807) is 6.07 Å². The molecule has 21 heavy (non-hydrogen) atoms. The van der Waals surface area contributed by atoms with E-state index in [0.29, 0.717) is 12.5 Å². The topological polar surface area (TPSA) is 32.3 Å². The van der Waals surface area contributed by atoms with Gasteiger partial charge in [0.2, 0.25) is 5.91 Å². The summed E-state index contributed by atoms with van der Waals surface area (Å²) in [5.74, 6) is 0.800. The van der Waals surface area contributed by atoms with E-state index in [1.165, 1.54) is 18.9 Å². The van der Waals surface area contributed by atoms with Gasteiger partial charge in [-0.1, -0.05) is 18.2 Å². The van der Waals surface area contributed by atoms with E-state index in [9.17, 15) is 9.18 Å². The zero-order chi connectivity index (χ0) is 14.7. The molecule has 0 spiro atoms. The molecule has 2 aliphatic rings. The SMILES string of the molecule is O=C(NCC1CC1)C1CCCN(Cc2ccccc2F)C1. The van der Waals surface area contributed by atoms with Crippen LogP contribution in [-0.2, 0) is 11.3 Å². The summed E-state index contributed by atoms with van der Waals surface area (Å²) in [6, 6.07) is 6.90. The zero-order valence-electron chi connectivity index (χ0n) is 12.4. The van der Waals surface area contributed by atoms with Gasteiger partial charge < -0.3 is 5.32 Å². The summed E-state index contributed by atoms with van der Waals surface area (Å²) in [6.07, 6.45) is 4.47. The summed E-state index contributed by atoms with van der Waals surface area (Å²) in [5, 5.41) is 3.07. The average molecular weight is 290 g/mol. The molecule has 114 valence electrons. The molecule has 1 aliphatic heterocycles. The number of piperidine rings is 1. The molecule has 1 aromatic rings. The normalized spacial score (nSPS) is 23.0. The van der Waals surface area contributed by atoms with Crippen LogP contribution in [0.5, 0.6) is 0 Å². The molecule has 3 rings (SSSR count). The molecule has 1 aromatic carbocycles. The number of nitrogens with one attached hydrogen (secondary N) is 1. The summed E-state index contributed by atoms with van der Waals surface area (Å²) >= 11 is 0. The molecular formula is C17H23FN2O. The van der Waals surface area contributed by atoms with E-state index in [4.69, 9.17) is 0 Å². The number of rotatable bonds is 5. The minimum Gasteiger partial charge on any atom is -0.356 e. The maximum Gasteiger partial charge on any atom is 0.224 e. The third-order valence-electron chi connectivity index (χ3n) is 4.49. The molecule has 1 amide bonds. The highest BCUT2D eigenvalue weighted by Crippen LogP contribution is 2.28. The minimum absolute atomic E-state index is 0.0595. The fourth-order valence-electron chi connectivity index (χ4n) is 2.99. The monoisotopic (exact) mass is 290 g/mol. The van der Waals surface area contributed by atoms with Gasteiger partial charge in [0.05, 0.1) is 5.92 Å². The highest BCUT2D eigenvalue weighted by atomic mass is 19.1. The summed E-state index contributed by atoms with van der Waals surface area (Å²) in [4.78, 5) is 14.4. The van der Waals surface area contributed by atoms with Crippen LogP contribution < -0.4 is 5.32 Å². The number of likely N-dealkylation sites (tertiary alicyclic amines) is 1. The van der Waals surface area contributed by atoms with Gasteiger partial charge in [0, 0.05) is 25.2 Å². The lowest BCUT2D eigenvalue weighted by atomic mass is 9.96. The Bertz CT molecular complexity index is 501. The number of carbonyl (C=O) groups is 1. The van der Waals surface area contributed by atoms with Crippen molar-refractivity contribution in [3.63, 3.8) is 0 Å². The molecular weight excluding hydrogens is 267 g/mol. The van der Waals surface area contributed by atoms with Crippen LogP contribution in [0.3, 0.4) is 0 Å². The summed E-state index contributed by atoms with van der Waals surface area (Å²) < 4.78 is 13.7. The molecule has 1 atom stereocenters. The number of hydrogen-bond donors (Lipinski definition) is 1. The highest BCUT2D eigenvalue weighted by Gasteiger charge is 2.28. The highest BCUT2D eigenvalue weighted by molar-refractivity contribution is 5.79. The van der Waals surface area contributed by atoms with Crippen molar-refractivity contribution in [1.82, 2.24) is 10.2 Å². The smallest absolute Gasteiger partial charge is 0.224 e. The molecule has 1 heterocycles. The van der Waals surface area contributed by atoms with Crippen molar-refractivity contribution in [3.8, 4) is 0 Å². The first-order valence-corrected chi connectivity index (χ1v) is 7.96. The largest absolute Gasteiger partial charge is 0.356 e. The molecule has 1 aliphatic carbocycles. The van der Waals surface area contributed by atoms with Crippen LogP contribution in [0.1, 0.15) is 31.2 Å². The van der Waals surface area contributed by atoms with E-state index in [1.807, 2.05) is 12.1 Å². The molecule has 1 saturated carbocycles. The van der Waals surface area contributed by atoms with Crippen molar-refractivity contribution in [2.24, 2.45) is 11.8 Å². The van der Waals surface area contributed by atoms with Crippen LogP contribution >= 0.6 is 0 Å². The molecule has 4 heteroatoms. The van der Waals surface area contributed by atoms with Crippen LogP contribution in [0.25, 0.3) is 0 Å². The van der Waals surface area contributed by atoms with Gasteiger partial charge in [-0.3, -0.25) is 9.69 Å². The lowest BCUT2D eigenvalue weighted by molar-refractivity contribution is -0.126. The van der Waals surface area contributed by atoms with Crippen LogP contribution in [0.4, 0.5) is 4.39 Å². The fourth-order valence-corrected chi connectivity index (χ4v) is 2.99. The summed E-state index contributed by atoms with van der Waals surface area (Å²) in [6.45, 7) is 3.12. The Kier molecular flexibility index (Phi) is 4.54. The van der Waals surface area contributed by atoms with Gasteiger partial charge in [-0.25, -0.2) is 4.39 Å². The molecule has 2 fully saturated rings. The Morgan fingerprint density at radius 1 is 1.29 bits per heavy atom. The van der Waals surface area contributed by atoms with Crippen molar-refractivity contribution in [2.75, 3.05) is 19.6 Å². The van der Waals surface area contributed by atoms with Crippen molar-refractivity contribution < 1.29 is 9.18 Å². The van der Waals surface area contributed by atoms with Crippen molar-refractivity contribution in [3.05, 3.63) is 35.6 Å². The van der Waals surface area contributed by atoms with Crippen LogP contribution in [-0.4, -0.2) is 30.4 Å². The molecule has 1 unspecified atom stereocenters. The van der Waals surface area contributed by atoms with E-state index in [0.717, 1.165) is 38.0 Å². The summed E-state index contributed by atoms with van der Waals surface area (Å²) in [5.41, 5.74) is 0.719. The van der Waals surface area contributed by atoms with Gasteiger partial charge in [0.25, 0.3) is 0 Å². The van der Waals surface area contributed by atoms with Gasteiger partial charge in [-0.05, 0) is 44.2 Å². The Morgan fingerprint density at radius 3 is 2.86 bits per heavy atom. The first-order valence-electron chi connectivity index (χ1n) is 7.96. The number of amides is 1. The first kappa shape index (κ1) is 14.5. The quantitative estimate of drug-likeness (QED) is 0.904. The Hall–Kier alpha value is -1.42. The third-order valence-corrected chi connectivity index (χ3v) is 4.49. The van der Waals surface area contributed by atoms with Gasteiger partial charge in [0.15, 0.2) is 0 Å². The van der Waals surface area contributed by atoms with Gasteiger partial charge in [0.1, 0.15) is 5.82 Å². The van der Waals surface area contributed by atoms with E-state index in [-0.39, 0.29) is 17.6 Å². The second-order valence-electron chi connectivity index (χ2n) is 6.35. The Balaban J connectivity index is 1.52. The number of carbonyl (C=O) groups excluding carboxylic acids is 1. The molecule has 0 aromatic heterocycles. The predicted octanol–water partition coefficient (Wildman–Crippen LogP) is 2.56. The van der Waals surface area contributed by atoms with E-state index in [2.05, 4.69) is 10.2 Å². The fraction of sp³-hybridized carbons (Fsp3) is 0.588. The van der Waals surface area contributed by atoms with Gasteiger partial charge >= 0.3 is 0 Å². The predicted molar refractivity (Wildman–Crippen MR) is 80.1 cm³/mol. The molecule has 1 N–H and O–H groups in total. The lowest BCUT2D eigenvalue weighted by Gasteiger charge is -2.32. The standard InChI is InChI=1S/C17H23FN2O/c18-16-6-2-1-4-14(16)11-20-9-3-5-15(12-20)17(21)19-10-13-7-8-13/h1-2,4,6,13,15H,3,5,7-12H2,(H,19,21). The molecule has 3 nitrogen and oxygen atoms in total. The van der Waals surface area contributed by atoms with Gasteiger partial charge in [-0.15, -0.1) is 0 Å². The van der Waals surface area contributed by atoms with Crippen LogP contribution in [0, 0.1) is 17.7 Å². The van der Waals surface area contributed by atoms with Crippen molar-refractivity contribution >= 4 is 5.91 Å².